The normalized spacial score (nSPS) is 16.7. The number of methoxy groups -OCH3 is 1. The smallest absolute Gasteiger partial charge is 0.268 e. The fourth-order valence-electron chi connectivity index (χ4n) is 3.23. The van der Waals surface area contributed by atoms with Crippen molar-refractivity contribution >= 4 is 27.5 Å². The van der Waals surface area contributed by atoms with Crippen LogP contribution in [0.4, 0.5) is 5.69 Å². The molecule has 4 rings (SSSR count). The van der Waals surface area contributed by atoms with E-state index >= 15 is 0 Å². The van der Waals surface area contributed by atoms with Gasteiger partial charge in [0.25, 0.3) is 10.0 Å². The maximum Gasteiger partial charge on any atom is 0.268 e. The molecule has 1 aliphatic rings. The van der Waals surface area contributed by atoms with Gasteiger partial charge in [-0.2, -0.15) is 0 Å². The summed E-state index contributed by atoms with van der Waals surface area (Å²) >= 11 is 1.68. The lowest BCUT2D eigenvalue weighted by molar-refractivity contribution is 0.402. The van der Waals surface area contributed by atoms with Gasteiger partial charge in [-0.3, -0.25) is 4.31 Å². The van der Waals surface area contributed by atoms with Crippen molar-refractivity contribution in [3.8, 4) is 17.1 Å². The van der Waals surface area contributed by atoms with Gasteiger partial charge in [-0.1, -0.05) is 24.2 Å². The molecule has 1 aromatic heterocycles. The van der Waals surface area contributed by atoms with E-state index in [0.717, 1.165) is 10.6 Å². The fraction of sp³-hybridized carbons (Fsp3) is 0.250. The van der Waals surface area contributed by atoms with Crippen LogP contribution in [0.3, 0.4) is 0 Å². The van der Waals surface area contributed by atoms with Gasteiger partial charge in [0.15, 0.2) is 5.76 Å². The number of sulfonamides is 1. The highest BCUT2D eigenvalue weighted by atomic mass is 32.2. The number of hydrogen-bond acceptors (Lipinski definition) is 6. The topological polar surface area (TPSA) is 72.6 Å². The van der Waals surface area contributed by atoms with Crippen LogP contribution in [0.15, 0.2) is 62.8 Å². The van der Waals surface area contributed by atoms with Crippen LogP contribution in [0.1, 0.15) is 12.6 Å². The third kappa shape index (κ3) is 3.27. The molecule has 0 fully saturated rings. The number of anilines is 1. The summed E-state index contributed by atoms with van der Waals surface area (Å²) in [5.74, 6) is 0.808. The molecular weight excluding hydrogens is 396 g/mol. The van der Waals surface area contributed by atoms with Crippen molar-refractivity contribution in [2.75, 3.05) is 18.0 Å². The Bertz CT molecular complexity index is 1120. The molecule has 0 saturated carbocycles. The van der Waals surface area contributed by atoms with E-state index in [4.69, 9.17) is 9.26 Å². The van der Waals surface area contributed by atoms with E-state index < -0.39 is 10.0 Å². The summed E-state index contributed by atoms with van der Waals surface area (Å²) in [5, 5.41) is 4.02. The Morgan fingerprint density at radius 3 is 2.71 bits per heavy atom. The molecule has 0 N–H and O–H groups in total. The van der Waals surface area contributed by atoms with Crippen LogP contribution in [-0.4, -0.2) is 32.5 Å². The Hall–Kier alpha value is -2.45. The number of benzene rings is 2. The van der Waals surface area contributed by atoms with E-state index in [2.05, 4.69) is 5.16 Å². The molecule has 0 aliphatic carbocycles. The number of nitrogens with zero attached hydrogens (tertiary/aromatic N) is 2. The molecule has 0 radical (unpaired) electrons. The average molecular weight is 417 g/mol. The lowest BCUT2D eigenvalue weighted by Crippen LogP contribution is -2.38. The summed E-state index contributed by atoms with van der Waals surface area (Å²) < 4.78 is 39.5. The predicted molar refractivity (Wildman–Crippen MR) is 110 cm³/mol. The number of hydrogen-bond donors (Lipinski definition) is 0. The van der Waals surface area contributed by atoms with Crippen LogP contribution in [0.2, 0.25) is 0 Å². The Morgan fingerprint density at radius 2 is 2.00 bits per heavy atom. The quantitative estimate of drug-likeness (QED) is 0.630. The van der Waals surface area contributed by atoms with Gasteiger partial charge in [-0.15, -0.1) is 11.8 Å². The average Bonchev–Trinajstić information content (AvgIpc) is 3.13. The Balaban J connectivity index is 1.85. The zero-order chi connectivity index (χ0) is 19.9. The largest absolute Gasteiger partial charge is 0.495 e. The Labute approximate surface area is 168 Å². The standard InChI is InChI=1S/C20H20N2O4S2/c1-13-10-18(26-21-13)15-8-9-17(25-3)20(11-15)28(23,24)22-12-14(2)27-19-7-5-4-6-16(19)22/h4-11,14H,12H2,1-3H3/t14-/m1/s1. The predicted octanol–water partition coefficient (Wildman–Crippen LogP) is 4.35. The highest BCUT2D eigenvalue weighted by Gasteiger charge is 2.34. The molecule has 0 saturated heterocycles. The van der Waals surface area contributed by atoms with Crippen LogP contribution in [-0.2, 0) is 10.0 Å². The first kappa shape index (κ1) is 18.9. The molecule has 2 heterocycles. The maximum absolute atomic E-state index is 13.7. The fourth-order valence-corrected chi connectivity index (χ4v) is 6.25. The summed E-state index contributed by atoms with van der Waals surface area (Å²) in [6, 6.07) is 14.3. The Kier molecular flexibility index (Phi) is 4.84. The van der Waals surface area contributed by atoms with E-state index in [0.29, 0.717) is 29.3 Å². The van der Waals surface area contributed by atoms with Crippen LogP contribution in [0.5, 0.6) is 5.75 Å². The second kappa shape index (κ2) is 7.18. The molecule has 2 aromatic carbocycles. The minimum atomic E-state index is -3.84. The highest BCUT2D eigenvalue weighted by Crippen LogP contribution is 2.42. The van der Waals surface area contributed by atoms with Gasteiger partial charge in [-0.05, 0) is 37.3 Å². The number of ether oxygens (including phenoxy) is 1. The van der Waals surface area contributed by atoms with Crippen LogP contribution < -0.4 is 9.04 Å². The van der Waals surface area contributed by atoms with Crippen molar-refractivity contribution < 1.29 is 17.7 Å². The first-order valence-corrected chi connectivity index (χ1v) is 11.1. The van der Waals surface area contributed by atoms with E-state index in [-0.39, 0.29) is 10.1 Å². The van der Waals surface area contributed by atoms with Gasteiger partial charge in [0, 0.05) is 28.3 Å². The molecule has 0 unspecified atom stereocenters. The minimum absolute atomic E-state index is 0.107. The number of fused-ring (bicyclic) bond motifs is 1. The third-order valence-corrected chi connectivity index (χ3v) is 7.48. The molecule has 28 heavy (non-hydrogen) atoms. The summed E-state index contributed by atoms with van der Waals surface area (Å²) in [4.78, 5) is 1.06. The molecule has 1 aliphatic heterocycles. The van der Waals surface area contributed by atoms with E-state index in [1.54, 1.807) is 36.0 Å². The van der Waals surface area contributed by atoms with Crippen molar-refractivity contribution in [1.82, 2.24) is 5.16 Å². The first-order chi connectivity index (χ1) is 13.4. The lowest BCUT2D eigenvalue weighted by Gasteiger charge is -2.33. The second-order valence-electron chi connectivity index (χ2n) is 6.63. The molecule has 6 nitrogen and oxygen atoms in total. The third-order valence-electron chi connectivity index (χ3n) is 4.53. The summed E-state index contributed by atoms with van der Waals surface area (Å²) in [5.41, 5.74) is 2.05. The first-order valence-electron chi connectivity index (χ1n) is 8.80. The zero-order valence-electron chi connectivity index (χ0n) is 15.7. The molecule has 0 bridgehead atoms. The number of para-hydroxylation sites is 1. The molecule has 3 aromatic rings. The Morgan fingerprint density at radius 1 is 1.21 bits per heavy atom. The van der Waals surface area contributed by atoms with Crippen LogP contribution >= 0.6 is 11.8 Å². The van der Waals surface area contributed by atoms with Crippen molar-refractivity contribution in [3.63, 3.8) is 0 Å². The number of thioether (sulfide) groups is 1. The summed E-state index contributed by atoms with van der Waals surface area (Å²) in [7, 11) is -2.37. The monoisotopic (exact) mass is 416 g/mol. The van der Waals surface area contributed by atoms with Crippen molar-refractivity contribution in [1.29, 1.82) is 0 Å². The summed E-state index contributed by atoms with van der Waals surface area (Å²) in [6.07, 6.45) is 0. The molecule has 8 heteroatoms. The minimum Gasteiger partial charge on any atom is -0.495 e. The SMILES string of the molecule is COc1ccc(-c2cc(C)no2)cc1S(=O)(=O)N1C[C@@H](C)Sc2ccccc21. The van der Waals surface area contributed by atoms with E-state index in [1.807, 2.05) is 38.1 Å². The van der Waals surface area contributed by atoms with Gasteiger partial charge in [0.1, 0.15) is 10.6 Å². The summed E-state index contributed by atoms with van der Waals surface area (Å²) in [6.45, 7) is 4.23. The highest BCUT2D eigenvalue weighted by molar-refractivity contribution is 8.00. The van der Waals surface area contributed by atoms with Crippen LogP contribution in [0, 0.1) is 6.92 Å². The zero-order valence-corrected chi connectivity index (χ0v) is 17.4. The number of rotatable bonds is 4. The maximum atomic E-state index is 13.7. The van der Waals surface area contributed by atoms with E-state index in [9.17, 15) is 8.42 Å². The molecule has 0 amide bonds. The van der Waals surface area contributed by atoms with Crippen LogP contribution in [0.25, 0.3) is 11.3 Å². The number of aromatic nitrogens is 1. The van der Waals surface area contributed by atoms with Gasteiger partial charge in [-0.25, -0.2) is 8.42 Å². The number of aryl methyl sites for hydroxylation is 1. The van der Waals surface area contributed by atoms with Crippen molar-refractivity contribution in [2.45, 2.75) is 28.9 Å². The lowest BCUT2D eigenvalue weighted by atomic mass is 10.1. The van der Waals surface area contributed by atoms with Gasteiger partial charge < -0.3 is 9.26 Å². The molecular formula is C20H20N2O4S2. The van der Waals surface area contributed by atoms with Crippen molar-refractivity contribution in [3.05, 3.63) is 54.2 Å². The van der Waals surface area contributed by atoms with Gasteiger partial charge in [0.2, 0.25) is 0 Å². The van der Waals surface area contributed by atoms with Crippen molar-refractivity contribution in [2.24, 2.45) is 0 Å². The van der Waals surface area contributed by atoms with Gasteiger partial charge >= 0.3 is 0 Å². The van der Waals surface area contributed by atoms with Gasteiger partial charge in [0.05, 0.1) is 18.5 Å². The molecule has 146 valence electrons. The second-order valence-corrected chi connectivity index (χ2v) is 9.94. The van der Waals surface area contributed by atoms with E-state index in [1.165, 1.54) is 11.4 Å². The molecule has 0 spiro atoms. The molecule has 1 atom stereocenters.